The van der Waals surface area contributed by atoms with Crippen LogP contribution in [0.25, 0.3) is 11.3 Å². The standard InChI is InChI=1S/C25H28N4O3/c1-2-19-12-22(25(31)32)24(30)28-23(19)20-5-7-21(8-6-20)29-11-9-18(16-29)15-27-14-17-4-3-10-26-13-17/h3-8,10,12-13,18,27H,2,9,11,14-16H2,1H3,(H,28,30)(H,31,32). The second-order valence-corrected chi connectivity index (χ2v) is 8.21. The van der Waals surface area contributed by atoms with Crippen LogP contribution < -0.4 is 15.8 Å². The van der Waals surface area contributed by atoms with Gasteiger partial charge >= 0.3 is 5.97 Å². The molecule has 0 radical (unpaired) electrons. The number of carbonyl (C=O) groups is 1. The molecule has 166 valence electrons. The summed E-state index contributed by atoms with van der Waals surface area (Å²) in [6.07, 6.45) is 5.46. The fourth-order valence-corrected chi connectivity index (χ4v) is 4.26. The Labute approximate surface area is 187 Å². The second kappa shape index (κ2) is 9.78. The summed E-state index contributed by atoms with van der Waals surface area (Å²) < 4.78 is 0. The van der Waals surface area contributed by atoms with Gasteiger partial charge in [0.2, 0.25) is 0 Å². The first-order valence-corrected chi connectivity index (χ1v) is 11.0. The monoisotopic (exact) mass is 432 g/mol. The van der Waals surface area contributed by atoms with Crippen LogP contribution in [0.2, 0.25) is 0 Å². The molecule has 1 aliphatic rings. The lowest BCUT2D eigenvalue weighted by Gasteiger charge is -2.19. The van der Waals surface area contributed by atoms with E-state index in [0.717, 1.165) is 49.4 Å². The molecule has 1 unspecified atom stereocenters. The molecule has 1 aliphatic heterocycles. The average Bonchev–Trinajstić information content (AvgIpc) is 3.28. The average molecular weight is 433 g/mol. The first-order valence-electron chi connectivity index (χ1n) is 11.0. The molecule has 0 saturated carbocycles. The third-order valence-corrected chi connectivity index (χ3v) is 6.03. The summed E-state index contributed by atoms with van der Waals surface area (Å²) in [6, 6.07) is 13.6. The molecule has 32 heavy (non-hydrogen) atoms. The smallest absolute Gasteiger partial charge is 0.341 e. The Balaban J connectivity index is 1.39. The number of rotatable bonds is 8. The molecule has 3 N–H and O–H groups in total. The highest BCUT2D eigenvalue weighted by Gasteiger charge is 2.22. The highest BCUT2D eigenvalue weighted by molar-refractivity contribution is 5.88. The van der Waals surface area contributed by atoms with Gasteiger partial charge in [-0.25, -0.2) is 4.79 Å². The second-order valence-electron chi connectivity index (χ2n) is 8.21. The van der Waals surface area contributed by atoms with E-state index in [1.54, 1.807) is 6.20 Å². The maximum Gasteiger partial charge on any atom is 0.341 e. The van der Waals surface area contributed by atoms with Gasteiger partial charge in [0.25, 0.3) is 5.56 Å². The number of nitrogens with one attached hydrogen (secondary N) is 2. The van der Waals surface area contributed by atoms with E-state index in [1.165, 1.54) is 11.6 Å². The molecule has 2 aromatic heterocycles. The minimum Gasteiger partial charge on any atom is -0.477 e. The number of aromatic nitrogens is 2. The summed E-state index contributed by atoms with van der Waals surface area (Å²) in [6.45, 7) is 5.77. The Morgan fingerprint density at radius 3 is 2.78 bits per heavy atom. The van der Waals surface area contributed by atoms with Gasteiger partial charge in [-0.05, 0) is 59.7 Å². The molecular weight excluding hydrogens is 404 g/mol. The van der Waals surface area contributed by atoms with Gasteiger partial charge in [-0.2, -0.15) is 0 Å². The number of aromatic carboxylic acids is 1. The van der Waals surface area contributed by atoms with Crippen molar-refractivity contribution in [1.29, 1.82) is 0 Å². The predicted octanol–water partition coefficient (Wildman–Crippen LogP) is 3.31. The molecule has 7 nitrogen and oxygen atoms in total. The number of carboxylic acid groups (broad SMARTS) is 1. The molecule has 0 amide bonds. The maximum absolute atomic E-state index is 12.2. The van der Waals surface area contributed by atoms with Crippen LogP contribution in [-0.4, -0.2) is 40.7 Å². The Bertz CT molecular complexity index is 1130. The molecule has 1 fully saturated rings. The van der Waals surface area contributed by atoms with Gasteiger partial charge in [0.05, 0.1) is 5.69 Å². The summed E-state index contributed by atoms with van der Waals surface area (Å²) in [5, 5.41) is 12.7. The van der Waals surface area contributed by atoms with Gasteiger partial charge < -0.3 is 20.3 Å². The fraction of sp³-hybridized carbons (Fsp3) is 0.320. The van der Waals surface area contributed by atoms with E-state index in [-0.39, 0.29) is 5.56 Å². The number of nitrogens with zero attached hydrogens (tertiary/aromatic N) is 2. The van der Waals surface area contributed by atoms with Crippen LogP contribution in [0.1, 0.15) is 34.8 Å². The van der Waals surface area contributed by atoms with Gasteiger partial charge in [0.1, 0.15) is 5.56 Å². The van der Waals surface area contributed by atoms with Crippen LogP contribution in [0, 0.1) is 5.92 Å². The van der Waals surface area contributed by atoms with E-state index in [0.29, 0.717) is 18.0 Å². The van der Waals surface area contributed by atoms with Crippen molar-refractivity contribution in [1.82, 2.24) is 15.3 Å². The number of benzene rings is 1. The summed E-state index contributed by atoms with van der Waals surface area (Å²) in [5.74, 6) is -0.612. The fourth-order valence-electron chi connectivity index (χ4n) is 4.26. The molecule has 1 saturated heterocycles. The van der Waals surface area contributed by atoms with Crippen molar-refractivity contribution in [2.24, 2.45) is 5.92 Å². The number of carboxylic acids is 1. The van der Waals surface area contributed by atoms with Crippen LogP contribution in [0.5, 0.6) is 0 Å². The highest BCUT2D eigenvalue weighted by atomic mass is 16.4. The number of aromatic amines is 1. The Kier molecular flexibility index (Phi) is 6.66. The van der Waals surface area contributed by atoms with E-state index in [9.17, 15) is 14.7 Å². The molecule has 7 heteroatoms. The van der Waals surface area contributed by atoms with Crippen molar-refractivity contribution in [3.63, 3.8) is 0 Å². The van der Waals surface area contributed by atoms with Crippen molar-refractivity contribution >= 4 is 11.7 Å². The molecule has 0 spiro atoms. The summed E-state index contributed by atoms with van der Waals surface area (Å²) in [7, 11) is 0. The minimum atomic E-state index is -1.21. The Hall–Kier alpha value is -3.45. The van der Waals surface area contributed by atoms with Crippen molar-refractivity contribution in [3.8, 4) is 11.3 Å². The lowest BCUT2D eigenvalue weighted by Crippen LogP contribution is -2.26. The van der Waals surface area contributed by atoms with Gasteiger partial charge in [0.15, 0.2) is 0 Å². The number of hydrogen-bond donors (Lipinski definition) is 3. The van der Waals surface area contributed by atoms with E-state index in [4.69, 9.17) is 0 Å². The molecule has 1 atom stereocenters. The first-order chi connectivity index (χ1) is 15.5. The summed E-state index contributed by atoms with van der Waals surface area (Å²) >= 11 is 0. The lowest BCUT2D eigenvalue weighted by molar-refractivity contribution is 0.0695. The number of hydrogen-bond acceptors (Lipinski definition) is 5. The van der Waals surface area contributed by atoms with E-state index in [1.807, 2.05) is 31.3 Å². The molecular formula is C25H28N4O3. The SMILES string of the molecule is CCc1cc(C(=O)O)c(=O)[nH]c1-c1ccc(N2CCC(CNCc3cccnc3)C2)cc1. The maximum atomic E-state index is 12.2. The third kappa shape index (κ3) is 4.89. The van der Waals surface area contributed by atoms with Crippen LogP contribution in [0.3, 0.4) is 0 Å². The Morgan fingerprint density at radius 1 is 1.28 bits per heavy atom. The van der Waals surface area contributed by atoms with Crippen molar-refractivity contribution in [2.45, 2.75) is 26.3 Å². The summed E-state index contributed by atoms with van der Waals surface area (Å²) in [4.78, 5) is 32.7. The zero-order valence-corrected chi connectivity index (χ0v) is 18.2. The topological polar surface area (TPSA) is 98.3 Å². The quantitative estimate of drug-likeness (QED) is 0.505. The van der Waals surface area contributed by atoms with Crippen LogP contribution in [0.4, 0.5) is 5.69 Å². The van der Waals surface area contributed by atoms with Gasteiger partial charge in [-0.3, -0.25) is 9.78 Å². The predicted molar refractivity (Wildman–Crippen MR) is 125 cm³/mol. The largest absolute Gasteiger partial charge is 0.477 e. The molecule has 3 heterocycles. The van der Waals surface area contributed by atoms with E-state index in [2.05, 4.69) is 38.4 Å². The number of H-pyrrole nitrogens is 1. The minimum absolute atomic E-state index is 0.220. The van der Waals surface area contributed by atoms with Crippen LogP contribution in [-0.2, 0) is 13.0 Å². The normalized spacial score (nSPS) is 15.8. The van der Waals surface area contributed by atoms with Gasteiger partial charge in [-0.1, -0.05) is 25.1 Å². The highest BCUT2D eigenvalue weighted by Crippen LogP contribution is 2.28. The zero-order valence-electron chi connectivity index (χ0n) is 18.2. The first kappa shape index (κ1) is 21.8. The lowest BCUT2D eigenvalue weighted by atomic mass is 10.0. The third-order valence-electron chi connectivity index (χ3n) is 6.03. The van der Waals surface area contributed by atoms with Crippen LogP contribution >= 0.6 is 0 Å². The summed E-state index contributed by atoms with van der Waals surface area (Å²) in [5.41, 5.74) is 3.94. The van der Waals surface area contributed by atoms with Crippen LogP contribution in [0.15, 0.2) is 59.7 Å². The molecule has 3 aromatic rings. The molecule has 0 aliphatic carbocycles. The van der Waals surface area contributed by atoms with Gasteiger partial charge in [0, 0.05) is 44.3 Å². The molecule has 1 aromatic carbocycles. The van der Waals surface area contributed by atoms with E-state index < -0.39 is 11.5 Å². The van der Waals surface area contributed by atoms with Gasteiger partial charge in [-0.15, -0.1) is 0 Å². The number of pyridine rings is 2. The number of anilines is 1. The van der Waals surface area contributed by atoms with Crippen molar-refractivity contribution < 1.29 is 9.90 Å². The Morgan fingerprint density at radius 2 is 2.09 bits per heavy atom. The van der Waals surface area contributed by atoms with Crippen molar-refractivity contribution in [3.05, 3.63) is 81.9 Å². The number of aryl methyl sites for hydroxylation is 1. The molecule has 0 bridgehead atoms. The zero-order chi connectivity index (χ0) is 22.5. The van der Waals surface area contributed by atoms with E-state index >= 15 is 0 Å². The molecule has 4 rings (SSSR count). The van der Waals surface area contributed by atoms with Crippen molar-refractivity contribution in [2.75, 3.05) is 24.5 Å².